The van der Waals surface area contributed by atoms with Gasteiger partial charge in [-0.1, -0.05) is 0 Å². The molecule has 2 heterocycles. The van der Waals surface area contributed by atoms with E-state index in [0.717, 1.165) is 11.3 Å². The van der Waals surface area contributed by atoms with Gasteiger partial charge >= 0.3 is 0 Å². The van der Waals surface area contributed by atoms with E-state index >= 15 is 0 Å². The number of aromatic nitrogens is 2. The Bertz CT molecular complexity index is 370. The second-order valence-electron chi connectivity index (χ2n) is 2.34. The molecule has 60 valence electrons. The van der Waals surface area contributed by atoms with Crippen LogP contribution in [0.4, 0.5) is 5.82 Å². The van der Waals surface area contributed by atoms with Crippen LogP contribution in [0.2, 0.25) is 0 Å². The predicted molar refractivity (Wildman–Crippen MR) is 44.1 cm³/mol. The van der Waals surface area contributed by atoms with Gasteiger partial charge in [0.1, 0.15) is 17.8 Å². The van der Waals surface area contributed by atoms with E-state index in [4.69, 9.17) is 10.2 Å². The number of oxazole rings is 1. The zero-order valence-electron chi connectivity index (χ0n) is 6.27. The maximum atomic E-state index is 5.50. The summed E-state index contributed by atoms with van der Waals surface area (Å²) < 4.78 is 4.84. The van der Waals surface area contributed by atoms with Crippen molar-refractivity contribution in [3.8, 4) is 11.3 Å². The summed E-state index contributed by atoms with van der Waals surface area (Å²) in [6.45, 7) is 0. The van der Waals surface area contributed by atoms with Gasteiger partial charge in [-0.05, 0) is 12.1 Å². The molecule has 12 heavy (non-hydrogen) atoms. The quantitative estimate of drug-likeness (QED) is 0.685. The van der Waals surface area contributed by atoms with Gasteiger partial charge in [0.25, 0.3) is 0 Å². The third kappa shape index (κ3) is 1.14. The van der Waals surface area contributed by atoms with Crippen molar-refractivity contribution < 1.29 is 4.42 Å². The molecule has 0 saturated carbocycles. The molecular weight excluding hydrogens is 154 g/mol. The Balaban J connectivity index is 2.48. The van der Waals surface area contributed by atoms with E-state index in [1.165, 1.54) is 6.39 Å². The topological polar surface area (TPSA) is 64.9 Å². The van der Waals surface area contributed by atoms with Crippen LogP contribution in [0.1, 0.15) is 0 Å². The molecule has 0 aliphatic rings. The van der Waals surface area contributed by atoms with Gasteiger partial charge in [-0.25, -0.2) is 9.97 Å². The fourth-order valence-electron chi connectivity index (χ4n) is 0.963. The van der Waals surface area contributed by atoms with Crippen LogP contribution in [0.25, 0.3) is 11.3 Å². The lowest BCUT2D eigenvalue weighted by molar-refractivity contribution is 0.558. The minimum Gasteiger partial charge on any atom is -0.451 e. The van der Waals surface area contributed by atoms with Crippen molar-refractivity contribution in [3.63, 3.8) is 0 Å². The maximum absolute atomic E-state index is 5.50. The molecule has 0 saturated heterocycles. The fourth-order valence-corrected chi connectivity index (χ4v) is 0.963. The van der Waals surface area contributed by atoms with Gasteiger partial charge in [-0.15, -0.1) is 0 Å². The van der Waals surface area contributed by atoms with E-state index < -0.39 is 0 Å². The number of hydrogen-bond donors (Lipinski definition) is 1. The summed E-state index contributed by atoms with van der Waals surface area (Å²) in [5, 5.41) is 0. The summed E-state index contributed by atoms with van der Waals surface area (Å²) in [6, 6.07) is 3.58. The van der Waals surface area contributed by atoms with Crippen molar-refractivity contribution in [3.05, 3.63) is 31.0 Å². The van der Waals surface area contributed by atoms with Crippen LogP contribution < -0.4 is 5.73 Å². The Hall–Kier alpha value is -1.84. The molecule has 0 aliphatic heterocycles. The highest BCUT2D eigenvalue weighted by Crippen LogP contribution is 2.17. The van der Waals surface area contributed by atoms with E-state index in [1.807, 2.05) is 6.07 Å². The molecule has 2 aromatic heterocycles. The lowest BCUT2D eigenvalue weighted by Gasteiger charge is -1.95. The van der Waals surface area contributed by atoms with Crippen LogP contribution in [0, 0.1) is 0 Å². The van der Waals surface area contributed by atoms with Crippen LogP contribution >= 0.6 is 0 Å². The van der Waals surface area contributed by atoms with E-state index in [-0.39, 0.29) is 0 Å². The number of pyridine rings is 1. The second-order valence-corrected chi connectivity index (χ2v) is 2.34. The standard InChI is InChI=1S/C8H7N3O/c9-8-3-6(1-2-10-8)7-4-12-5-11-7/h1-5H,(H2,9,10). The highest BCUT2D eigenvalue weighted by Gasteiger charge is 1.99. The fraction of sp³-hybridized carbons (Fsp3) is 0. The highest BCUT2D eigenvalue weighted by atomic mass is 16.3. The molecule has 0 amide bonds. The van der Waals surface area contributed by atoms with Crippen LogP contribution in [0.5, 0.6) is 0 Å². The Kier molecular flexibility index (Phi) is 1.51. The molecule has 2 rings (SSSR count). The lowest BCUT2D eigenvalue weighted by Crippen LogP contribution is -1.89. The molecule has 0 fully saturated rings. The Morgan fingerprint density at radius 3 is 2.92 bits per heavy atom. The first kappa shape index (κ1) is 6.84. The summed E-state index contributed by atoms with van der Waals surface area (Å²) in [4.78, 5) is 7.85. The molecule has 0 atom stereocenters. The maximum Gasteiger partial charge on any atom is 0.181 e. The van der Waals surface area contributed by atoms with Gasteiger partial charge in [0.15, 0.2) is 6.39 Å². The summed E-state index contributed by atoms with van der Waals surface area (Å²) in [5.74, 6) is 0.482. The largest absolute Gasteiger partial charge is 0.451 e. The number of nitrogens with two attached hydrogens (primary N) is 1. The lowest BCUT2D eigenvalue weighted by atomic mass is 10.2. The van der Waals surface area contributed by atoms with Crippen LogP contribution in [0.15, 0.2) is 35.4 Å². The first-order valence-electron chi connectivity index (χ1n) is 3.46. The molecule has 0 bridgehead atoms. The molecule has 4 nitrogen and oxygen atoms in total. The SMILES string of the molecule is Nc1cc(-c2cocn2)ccn1. The molecule has 2 N–H and O–H groups in total. The van der Waals surface area contributed by atoms with E-state index in [0.29, 0.717) is 5.82 Å². The van der Waals surface area contributed by atoms with Crippen molar-refractivity contribution in [1.29, 1.82) is 0 Å². The summed E-state index contributed by atoms with van der Waals surface area (Å²) in [5.41, 5.74) is 7.18. The van der Waals surface area contributed by atoms with Crippen molar-refractivity contribution >= 4 is 5.82 Å². The van der Waals surface area contributed by atoms with Crippen LogP contribution in [0.3, 0.4) is 0 Å². The van der Waals surface area contributed by atoms with E-state index in [1.54, 1.807) is 18.5 Å². The molecule has 0 unspecified atom stereocenters. The number of hydrogen-bond acceptors (Lipinski definition) is 4. The van der Waals surface area contributed by atoms with E-state index in [2.05, 4.69) is 9.97 Å². The average molecular weight is 161 g/mol. The Morgan fingerprint density at radius 1 is 1.33 bits per heavy atom. The van der Waals surface area contributed by atoms with Gasteiger partial charge in [0.05, 0.1) is 0 Å². The normalized spacial score (nSPS) is 10.0. The monoisotopic (exact) mass is 161 g/mol. The van der Waals surface area contributed by atoms with Gasteiger partial charge in [-0.2, -0.15) is 0 Å². The first-order valence-corrected chi connectivity index (χ1v) is 3.46. The van der Waals surface area contributed by atoms with Crippen molar-refractivity contribution in [2.45, 2.75) is 0 Å². The van der Waals surface area contributed by atoms with Crippen molar-refractivity contribution in [2.24, 2.45) is 0 Å². The molecule has 0 aliphatic carbocycles. The van der Waals surface area contributed by atoms with Gasteiger partial charge < -0.3 is 10.2 Å². The smallest absolute Gasteiger partial charge is 0.181 e. The van der Waals surface area contributed by atoms with Crippen LogP contribution in [-0.2, 0) is 0 Å². The predicted octanol–water partition coefficient (Wildman–Crippen LogP) is 1.32. The summed E-state index contributed by atoms with van der Waals surface area (Å²) >= 11 is 0. The minimum absolute atomic E-state index is 0.482. The molecule has 0 aromatic carbocycles. The molecule has 2 aromatic rings. The first-order chi connectivity index (χ1) is 5.86. The van der Waals surface area contributed by atoms with Crippen molar-refractivity contribution in [2.75, 3.05) is 5.73 Å². The summed E-state index contributed by atoms with van der Waals surface area (Å²) in [6.07, 6.45) is 4.58. The third-order valence-electron chi connectivity index (χ3n) is 1.51. The summed E-state index contributed by atoms with van der Waals surface area (Å²) in [7, 11) is 0. The molecule has 0 spiro atoms. The number of rotatable bonds is 1. The second kappa shape index (κ2) is 2.65. The highest BCUT2D eigenvalue weighted by molar-refractivity contribution is 5.60. The number of nitrogen functional groups attached to an aromatic ring is 1. The molecular formula is C8H7N3O. The van der Waals surface area contributed by atoms with Crippen molar-refractivity contribution in [1.82, 2.24) is 9.97 Å². The molecule has 0 radical (unpaired) electrons. The van der Waals surface area contributed by atoms with E-state index in [9.17, 15) is 0 Å². The minimum atomic E-state index is 0.482. The third-order valence-corrected chi connectivity index (χ3v) is 1.51. The number of nitrogens with zero attached hydrogens (tertiary/aromatic N) is 2. The van der Waals surface area contributed by atoms with Crippen LogP contribution in [-0.4, -0.2) is 9.97 Å². The molecule has 4 heteroatoms. The number of anilines is 1. The van der Waals surface area contributed by atoms with Gasteiger partial charge in [0, 0.05) is 11.8 Å². The zero-order chi connectivity index (χ0) is 8.39. The van der Waals surface area contributed by atoms with Gasteiger partial charge in [0.2, 0.25) is 0 Å². The Labute approximate surface area is 69.1 Å². The Morgan fingerprint density at radius 2 is 2.25 bits per heavy atom. The average Bonchev–Trinajstić information content (AvgIpc) is 2.56. The van der Waals surface area contributed by atoms with Gasteiger partial charge in [-0.3, -0.25) is 0 Å². The zero-order valence-corrected chi connectivity index (χ0v) is 6.27.